The predicted octanol–water partition coefficient (Wildman–Crippen LogP) is 2.28. The summed E-state index contributed by atoms with van der Waals surface area (Å²) < 4.78 is 5.41. The van der Waals surface area contributed by atoms with Crippen LogP contribution in [0.2, 0.25) is 0 Å². The van der Waals surface area contributed by atoms with E-state index in [1.807, 2.05) is 19.5 Å². The van der Waals surface area contributed by atoms with Crippen molar-refractivity contribution < 1.29 is 4.74 Å². The molecule has 1 aliphatic heterocycles. The van der Waals surface area contributed by atoms with Crippen molar-refractivity contribution in [2.24, 2.45) is 10.9 Å². The number of ether oxygens (including phenoxy) is 1. The van der Waals surface area contributed by atoms with E-state index in [0.29, 0.717) is 0 Å². The molecule has 118 valence electrons. The van der Waals surface area contributed by atoms with Crippen LogP contribution in [0.25, 0.3) is 0 Å². The summed E-state index contributed by atoms with van der Waals surface area (Å²) in [5.74, 6) is 1.75. The average Bonchev–Trinajstić information content (AvgIpc) is 2.92. The summed E-state index contributed by atoms with van der Waals surface area (Å²) >= 11 is 1.69. The molecule has 1 aliphatic rings. The van der Waals surface area contributed by atoms with Gasteiger partial charge in [-0.25, -0.2) is 4.98 Å². The maximum absolute atomic E-state index is 5.41. The van der Waals surface area contributed by atoms with E-state index in [4.69, 9.17) is 4.74 Å². The Hall–Kier alpha value is -1.14. The third-order valence-corrected chi connectivity index (χ3v) is 4.97. The van der Waals surface area contributed by atoms with E-state index in [1.54, 1.807) is 11.3 Å². The first-order valence-electron chi connectivity index (χ1n) is 7.59. The summed E-state index contributed by atoms with van der Waals surface area (Å²) in [6.07, 6.45) is 3.60. The van der Waals surface area contributed by atoms with Crippen molar-refractivity contribution in [2.75, 3.05) is 33.9 Å². The minimum Gasteiger partial charge on any atom is -0.381 e. The summed E-state index contributed by atoms with van der Waals surface area (Å²) in [5.41, 5.74) is 3.00. The highest BCUT2D eigenvalue weighted by Gasteiger charge is 2.15. The summed E-state index contributed by atoms with van der Waals surface area (Å²) in [6, 6.07) is 0. The second-order valence-electron chi connectivity index (χ2n) is 5.53. The third kappa shape index (κ3) is 4.97. The zero-order chi connectivity index (χ0) is 15.1. The number of aliphatic imine (C=N–C) groups is 1. The molecule has 0 bridgehead atoms. The van der Waals surface area contributed by atoms with E-state index in [2.05, 4.69) is 27.2 Å². The Kier molecular flexibility index (Phi) is 6.45. The minimum atomic E-state index is 0.794. The molecule has 2 heterocycles. The summed E-state index contributed by atoms with van der Waals surface area (Å²) in [4.78, 5) is 12.1. The van der Waals surface area contributed by atoms with Crippen LogP contribution in [-0.2, 0) is 11.3 Å². The first-order chi connectivity index (χ1) is 10.2. The number of guanidine groups is 1. The quantitative estimate of drug-likeness (QED) is 0.669. The lowest BCUT2D eigenvalue weighted by molar-refractivity contribution is 0.0625. The second-order valence-corrected chi connectivity index (χ2v) is 6.47. The Labute approximate surface area is 131 Å². The van der Waals surface area contributed by atoms with Crippen LogP contribution in [-0.4, -0.2) is 49.7 Å². The standard InChI is InChI=1S/C15H26N4OS/c1-12-14(21-11-18-12)10-17-15(16-2)19(3)7-4-13-5-8-20-9-6-13/h11,13H,4-10H2,1-3H3,(H,16,17). The number of nitrogens with one attached hydrogen (secondary N) is 1. The molecule has 0 amide bonds. The van der Waals surface area contributed by atoms with Gasteiger partial charge in [-0.15, -0.1) is 11.3 Å². The van der Waals surface area contributed by atoms with Crippen molar-refractivity contribution in [2.45, 2.75) is 32.7 Å². The van der Waals surface area contributed by atoms with E-state index in [-0.39, 0.29) is 0 Å². The summed E-state index contributed by atoms with van der Waals surface area (Å²) in [5, 5.41) is 3.42. The van der Waals surface area contributed by atoms with Gasteiger partial charge >= 0.3 is 0 Å². The Morgan fingerprint density at radius 1 is 1.52 bits per heavy atom. The lowest BCUT2D eigenvalue weighted by Crippen LogP contribution is -2.39. The number of aromatic nitrogens is 1. The lowest BCUT2D eigenvalue weighted by atomic mass is 9.96. The SMILES string of the molecule is CN=C(NCc1scnc1C)N(C)CCC1CCOCC1. The fourth-order valence-corrected chi connectivity index (χ4v) is 3.27. The van der Waals surface area contributed by atoms with Gasteiger partial charge in [-0.3, -0.25) is 4.99 Å². The number of hydrogen-bond donors (Lipinski definition) is 1. The van der Waals surface area contributed by atoms with E-state index in [1.165, 1.54) is 24.1 Å². The molecule has 0 aliphatic carbocycles. The van der Waals surface area contributed by atoms with Crippen LogP contribution >= 0.6 is 11.3 Å². The molecular formula is C15H26N4OS. The van der Waals surface area contributed by atoms with Crippen molar-refractivity contribution >= 4 is 17.3 Å². The van der Waals surface area contributed by atoms with Crippen molar-refractivity contribution in [3.8, 4) is 0 Å². The van der Waals surface area contributed by atoms with Crippen molar-refractivity contribution in [3.05, 3.63) is 16.1 Å². The number of rotatable bonds is 5. The van der Waals surface area contributed by atoms with E-state index < -0.39 is 0 Å². The van der Waals surface area contributed by atoms with Crippen LogP contribution in [0, 0.1) is 12.8 Å². The summed E-state index contributed by atoms with van der Waals surface area (Å²) in [7, 11) is 3.95. The monoisotopic (exact) mass is 310 g/mol. The third-order valence-electron chi connectivity index (χ3n) is 4.04. The van der Waals surface area contributed by atoms with Crippen LogP contribution in [0.15, 0.2) is 10.5 Å². The Bertz CT molecular complexity index is 454. The van der Waals surface area contributed by atoms with Gasteiger partial charge in [-0.1, -0.05) is 0 Å². The first-order valence-corrected chi connectivity index (χ1v) is 8.47. The van der Waals surface area contributed by atoms with Gasteiger partial charge in [0.1, 0.15) is 0 Å². The van der Waals surface area contributed by atoms with Gasteiger partial charge in [0.25, 0.3) is 0 Å². The van der Waals surface area contributed by atoms with Gasteiger partial charge in [-0.05, 0) is 32.1 Å². The van der Waals surface area contributed by atoms with Crippen LogP contribution < -0.4 is 5.32 Å². The molecule has 1 fully saturated rings. The molecule has 0 spiro atoms. The molecule has 6 heteroatoms. The molecule has 1 aromatic heterocycles. The summed E-state index contributed by atoms with van der Waals surface area (Å²) in [6.45, 7) is 5.72. The molecule has 1 aromatic rings. The van der Waals surface area contributed by atoms with Gasteiger partial charge < -0.3 is 15.0 Å². The van der Waals surface area contributed by atoms with Crippen molar-refractivity contribution in [1.29, 1.82) is 0 Å². The van der Waals surface area contributed by atoms with E-state index in [9.17, 15) is 0 Å². The molecular weight excluding hydrogens is 284 g/mol. The molecule has 21 heavy (non-hydrogen) atoms. The Morgan fingerprint density at radius 2 is 2.29 bits per heavy atom. The topological polar surface area (TPSA) is 49.8 Å². The smallest absolute Gasteiger partial charge is 0.193 e. The zero-order valence-corrected chi connectivity index (χ0v) is 14.1. The molecule has 5 nitrogen and oxygen atoms in total. The predicted molar refractivity (Wildman–Crippen MR) is 87.8 cm³/mol. The van der Waals surface area contributed by atoms with Gasteiger partial charge in [0.05, 0.1) is 17.7 Å². The maximum Gasteiger partial charge on any atom is 0.193 e. The maximum atomic E-state index is 5.41. The number of nitrogens with zero attached hydrogens (tertiary/aromatic N) is 3. The molecule has 0 aromatic carbocycles. The van der Waals surface area contributed by atoms with Crippen molar-refractivity contribution in [1.82, 2.24) is 15.2 Å². The van der Waals surface area contributed by atoms with Crippen LogP contribution in [0.1, 0.15) is 29.8 Å². The fraction of sp³-hybridized carbons (Fsp3) is 0.733. The molecule has 2 rings (SSSR count). The molecule has 0 atom stereocenters. The fourth-order valence-electron chi connectivity index (χ4n) is 2.56. The first kappa shape index (κ1) is 16.2. The number of hydrogen-bond acceptors (Lipinski definition) is 4. The minimum absolute atomic E-state index is 0.794. The van der Waals surface area contributed by atoms with Crippen LogP contribution in [0.5, 0.6) is 0 Å². The largest absolute Gasteiger partial charge is 0.381 e. The highest BCUT2D eigenvalue weighted by atomic mass is 32.1. The van der Waals surface area contributed by atoms with Gasteiger partial charge in [0.15, 0.2) is 5.96 Å². The Morgan fingerprint density at radius 3 is 2.90 bits per heavy atom. The van der Waals surface area contributed by atoms with Crippen molar-refractivity contribution in [3.63, 3.8) is 0 Å². The van der Waals surface area contributed by atoms with E-state index >= 15 is 0 Å². The van der Waals surface area contributed by atoms with E-state index in [0.717, 1.165) is 43.9 Å². The highest BCUT2D eigenvalue weighted by Crippen LogP contribution is 2.18. The number of thiazole rings is 1. The normalized spacial score (nSPS) is 17.0. The van der Waals surface area contributed by atoms with Gasteiger partial charge in [0.2, 0.25) is 0 Å². The van der Waals surface area contributed by atoms with Crippen LogP contribution in [0.4, 0.5) is 0 Å². The molecule has 1 N–H and O–H groups in total. The second kappa shape index (κ2) is 8.34. The van der Waals surface area contributed by atoms with Crippen LogP contribution in [0.3, 0.4) is 0 Å². The lowest BCUT2D eigenvalue weighted by Gasteiger charge is -2.26. The molecule has 0 saturated carbocycles. The molecule has 0 radical (unpaired) electrons. The average molecular weight is 310 g/mol. The Balaban J connectivity index is 1.75. The number of aryl methyl sites for hydroxylation is 1. The van der Waals surface area contributed by atoms with Gasteiger partial charge in [-0.2, -0.15) is 0 Å². The molecule has 1 saturated heterocycles. The zero-order valence-electron chi connectivity index (χ0n) is 13.3. The van der Waals surface area contributed by atoms with Gasteiger partial charge in [0, 0.05) is 38.7 Å². The highest BCUT2D eigenvalue weighted by molar-refractivity contribution is 7.09. The molecule has 0 unspecified atom stereocenters.